The van der Waals surface area contributed by atoms with Crippen LogP contribution in [0, 0.1) is 18.6 Å². The second-order valence-electron chi connectivity index (χ2n) is 12.6. The van der Waals surface area contributed by atoms with Crippen molar-refractivity contribution in [2.24, 2.45) is 0 Å². The highest BCUT2D eigenvalue weighted by atomic mass is 19.1. The van der Waals surface area contributed by atoms with Gasteiger partial charge in [0.25, 0.3) is 5.56 Å². The van der Waals surface area contributed by atoms with Gasteiger partial charge in [-0.15, -0.1) is 0 Å². The number of halogens is 2. The van der Waals surface area contributed by atoms with Crippen LogP contribution in [0.25, 0.3) is 21.8 Å². The Kier molecular flexibility index (Phi) is 8.96. The third kappa shape index (κ3) is 6.95. The number of aromatic nitrogens is 5. The third-order valence-electron chi connectivity index (χ3n) is 9.12. The maximum Gasteiger partial charge on any atom is 0.410 e. The van der Waals surface area contributed by atoms with Crippen molar-refractivity contribution in [3.63, 3.8) is 0 Å². The number of fused-ring (bicyclic) bond motifs is 2. The minimum absolute atomic E-state index is 0.00694. The molecule has 1 aliphatic rings. The van der Waals surface area contributed by atoms with Gasteiger partial charge in [-0.3, -0.25) is 4.79 Å². The van der Waals surface area contributed by atoms with Crippen LogP contribution in [0.4, 0.5) is 13.6 Å². The molecule has 1 aliphatic heterocycles. The van der Waals surface area contributed by atoms with E-state index in [-0.39, 0.29) is 18.0 Å². The van der Waals surface area contributed by atoms with Gasteiger partial charge >= 0.3 is 6.09 Å². The fourth-order valence-corrected chi connectivity index (χ4v) is 6.83. The van der Waals surface area contributed by atoms with Gasteiger partial charge in [-0.25, -0.2) is 23.2 Å². The van der Waals surface area contributed by atoms with E-state index in [1.807, 2.05) is 55.6 Å². The number of hydrogen-bond acceptors (Lipinski definition) is 6. The van der Waals surface area contributed by atoms with Crippen molar-refractivity contribution in [2.75, 3.05) is 20.2 Å². The van der Waals surface area contributed by atoms with Crippen molar-refractivity contribution in [3.05, 3.63) is 129 Å². The fraction of sp³-hybridized carbons (Fsp3) is 0.297. The van der Waals surface area contributed by atoms with Crippen LogP contribution < -0.4 is 5.56 Å². The molecule has 7 rings (SSSR count). The largest absolute Gasteiger partial charge is 0.438 e. The van der Waals surface area contributed by atoms with Crippen LogP contribution in [0.15, 0.2) is 84.0 Å². The molecule has 4 heterocycles. The number of methoxy groups -OCH3 is 1. The minimum Gasteiger partial charge on any atom is -0.438 e. The number of rotatable bonds is 9. The molecule has 6 aromatic rings. The molecule has 1 fully saturated rings. The van der Waals surface area contributed by atoms with Gasteiger partial charge < -0.3 is 23.9 Å². The normalized spacial score (nSPS) is 14.5. The van der Waals surface area contributed by atoms with Gasteiger partial charge in [-0.1, -0.05) is 24.3 Å². The summed E-state index contributed by atoms with van der Waals surface area (Å²) in [6.07, 6.45) is 5.41. The number of carbonyl (C=O) groups excluding carboxylic acids is 1. The average Bonchev–Trinajstić information content (AvgIpc) is 3.71. The molecule has 0 aliphatic carbocycles. The molecule has 1 amide bonds. The number of amides is 1. The van der Waals surface area contributed by atoms with Gasteiger partial charge in [0.1, 0.15) is 18.4 Å². The number of hydrogen-bond donors (Lipinski definition) is 1. The zero-order chi connectivity index (χ0) is 34.1. The molecule has 1 unspecified atom stereocenters. The molecule has 49 heavy (non-hydrogen) atoms. The molecule has 0 bridgehead atoms. The van der Waals surface area contributed by atoms with E-state index >= 15 is 0 Å². The van der Waals surface area contributed by atoms with Crippen LogP contribution in [0.2, 0.25) is 0 Å². The predicted octanol–water partition coefficient (Wildman–Crippen LogP) is 6.61. The quantitative estimate of drug-likeness (QED) is 0.186. The number of aromatic amines is 1. The van der Waals surface area contributed by atoms with E-state index < -0.39 is 23.8 Å². The fourth-order valence-electron chi connectivity index (χ4n) is 6.83. The monoisotopic (exact) mass is 666 g/mol. The van der Waals surface area contributed by atoms with Crippen LogP contribution in [0.1, 0.15) is 52.9 Å². The number of benzene rings is 3. The van der Waals surface area contributed by atoms with Crippen LogP contribution in [0.3, 0.4) is 0 Å². The zero-order valence-electron chi connectivity index (χ0n) is 27.2. The van der Waals surface area contributed by atoms with Gasteiger partial charge in [-0.2, -0.15) is 5.10 Å². The molecule has 1 N–H and O–H groups in total. The molecule has 252 valence electrons. The first-order chi connectivity index (χ1) is 23.7. The molecule has 0 radical (unpaired) electrons. The number of imidazole rings is 1. The van der Waals surface area contributed by atoms with Crippen molar-refractivity contribution >= 4 is 27.9 Å². The molecule has 3 aromatic carbocycles. The number of para-hydroxylation sites is 1. The summed E-state index contributed by atoms with van der Waals surface area (Å²) in [5.74, 6) is -0.894. The maximum atomic E-state index is 14.1. The van der Waals surface area contributed by atoms with Crippen molar-refractivity contribution in [1.29, 1.82) is 0 Å². The number of H-pyrrole nitrogens is 1. The van der Waals surface area contributed by atoms with Crippen LogP contribution >= 0.6 is 0 Å². The lowest BCUT2D eigenvalue weighted by Crippen LogP contribution is -2.40. The van der Waals surface area contributed by atoms with Gasteiger partial charge in [0, 0.05) is 74.3 Å². The van der Waals surface area contributed by atoms with Crippen LogP contribution in [-0.2, 0) is 29.2 Å². The summed E-state index contributed by atoms with van der Waals surface area (Å²) in [5.41, 5.74) is 4.52. The molecule has 3 aromatic heterocycles. The van der Waals surface area contributed by atoms with Gasteiger partial charge in [0.05, 0.1) is 5.52 Å². The van der Waals surface area contributed by atoms with Crippen molar-refractivity contribution in [3.8, 4) is 0 Å². The standard InChI is InChI=1S/C37H36F2N6O4/c1-23-13-24(14-28-21-45(22-48-2)42-34(23)28)17-33(35-40-9-12-44(35)20-25-15-29(38)19-30(39)16-25)49-37(47)43-10-7-26(8-11-43)31-18-27-5-3-4-6-32(27)41-36(31)46/h3-6,9,12-16,18-19,21,26,33H,7-8,10-11,17,20,22H2,1-2H3,(H,41,46). The number of pyridine rings is 1. The lowest BCUT2D eigenvalue weighted by atomic mass is 9.89. The Balaban J connectivity index is 1.13. The van der Waals surface area contributed by atoms with E-state index in [9.17, 15) is 18.4 Å². The second kappa shape index (κ2) is 13.6. The summed E-state index contributed by atoms with van der Waals surface area (Å²) in [6.45, 7) is 3.26. The summed E-state index contributed by atoms with van der Waals surface area (Å²) < 4.78 is 43.0. The second-order valence-corrected chi connectivity index (χ2v) is 12.6. The molecule has 10 nitrogen and oxygen atoms in total. The van der Waals surface area contributed by atoms with Crippen molar-refractivity contribution in [1.82, 2.24) is 29.2 Å². The number of carbonyl (C=O) groups is 1. The third-order valence-corrected chi connectivity index (χ3v) is 9.12. The van der Waals surface area contributed by atoms with Gasteiger partial charge in [-0.05, 0) is 78.1 Å². The van der Waals surface area contributed by atoms with E-state index in [0.717, 1.165) is 44.6 Å². The number of aryl methyl sites for hydroxylation is 1. The highest BCUT2D eigenvalue weighted by Crippen LogP contribution is 2.31. The highest BCUT2D eigenvalue weighted by Gasteiger charge is 2.30. The summed E-state index contributed by atoms with van der Waals surface area (Å²) in [6, 6.07) is 17.0. The Morgan fingerprint density at radius 3 is 2.57 bits per heavy atom. The van der Waals surface area contributed by atoms with Gasteiger partial charge in [0.2, 0.25) is 0 Å². The highest BCUT2D eigenvalue weighted by molar-refractivity contribution is 5.82. The maximum absolute atomic E-state index is 14.1. The van der Waals surface area contributed by atoms with E-state index in [4.69, 9.17) is 9.47 Å². The Labute approximate surface area is 280 Å². The number of nitrogens with zero attached hydrogens (tertiary/aromatic N) is 5. The predicted molar refractivity (Wildman–Crippen MR) is 180 cm³/mol. The van der Waals surface area contributed by atoms with E-state index in [2.05, 4.69) is 15.1 Å². The molecule has 1 atom stereocenters. The van der Waals surface area contributed by atoms with Crippen LogP contribution in [-0.4, -0.2) is 55.5 Å². The lowest BCUT2D eigenvalue weighted by Gasteiger charge is -2.32. The number of likely N-dealkylation sites (tertiary alicyclic amines) is 1. The topological polar surface area (TPSA) is 107 Å². The minimum atomic E-state index is -0.812. The van der Waals surface area contributed by atoms with E-state index in [0.29, 0.717) is 50.5 Å². The van der Waals surface area contributed by atoms with E-state index in [1.165, 1.54) is 12.1 Å². The Morgan fingerprint density at radius 2 is 1.80 bits per heavy atom. The molecular weight excluding hydrogens is 630 g/mol. The molecule has 0 spiro atoms. The molecule has 0 saturated carbocycles. The van der Waals surface area contributed by atoms with Crippen LogP contribution in [0.5, 0.6) is 0 Å². The van der Waals surface area contributed by atoms with Gasteiger partial charge in [0.15, 0.2) is 11.9 Å². The number of ether oxygens (including phenoxy) is 2. The first-order valence-corrected chi connectivity index (χ1v) is 16.2. The number of piperidine rings is 1. The Morgan fingerprint density at radius 1 is 1.02 bits per heavy atom. The summed E-state index contributed by atoms with van der Waals surface area (Å²) in [7, 11) is 1.61. The summed E-state index contributed by atoms with van der Waals surface area (Å²) >= 11 is 0. The summed E-state index contributed by atoms with van der Waals surface area (Å²) in [5, 5.41) is 6.49. The Bertz CT molecular complexity index is 2180. The number of nitrogens with one attached hydrogen (secondary N) is 1. The first kappa shape index (κ1) is 32.2. The summed E-state index contributed by atoms with van der Waals surface area (Å²) in [4.78, 5) is 35.9. The molecule has 1 saturated heterocycles. The SMILES string of the molecule is COCn1cc2cc(CC(OC(=O)N3CCC(c4cc5ccccc5[nH]c4=O)CC3)c3nccn3Cc3cc(F)cc(F)c3)cc(C)c2n1. The zero-order valence-corrected chi connectivity index (χ0v) is 27.2. The average molecular weight is 667 g/mol. The first-order valence-electron chi connectivity index (χ1n) is 16.2. The molecule has 12 heteroatoms. The lowest BCUT2D eigenvalue weighted by molar-refractivity contribution is 0.0507. The smallest absolute Gasteiger partial charge is 0.410 e. The molecular formula is C37H36F2N6O4. The van der Waals surface area contributed by atoms with Crippen molar-refractivity contribution < 1.29 is 23.0 Å². The Hall–Kier alpha value is -5.36. The van der Waals surface area contributed by atoms with E-state index in [1.54, 1.807) is 33.7 Å². The van der Waals surface area contributed by atoms with Crippen molar-refractivity contribution in [2.45, 2.75) is 51.5 Å².